The Kier molecular flexibility index (Phi) is 3.30. The summed E-state index contributed by atoms with van der Waals surface area (Å²) in [5, 5.41) is 10.2. The molecule has 1 amide bonds. The van der Waals surface area contributed by atoms with Crippen molar-refractivity contribution in [2.75, 3.05) is 25.4 Å². The van der Waals surface area contributed by atoms with Crippen LogP contribution in [0.25, 0.3) is 0 Å². The molecule has 1 saturated heterocycles. The van der Waals surface area contributed by atoms with Crippen LogP contribution in [0.2, 0.25) is 0 Å². The molecule has 3 N–H and O–H groups in total. The van der Waals surface area contributed by atoms with Gasteiger partial charge in [0.1, 0.15) is 11.4 Å². The topological polar surface area (TPSA) is 75.8 Å². The fraction of sp³-hybridized carbons (Fsp3) is 0.533. The average molecular weight is 276 g/mol. The first-order chi connectivity index (χ1) is 9.57. The van der Waals surface area contributed by atoms with E-state index in [0.717, 1.165) is 12.8 Å². The molecular formula is C15H20N2O3. The average Bonchev–Trinajstić information content (AvgIpc) is 3.19. The number of hydrogen-bond donors (Lipinski definition) is 2. The minimum atomic E-state index is -0.607. The van der Waals surface area contributed by atoms with Crippen LogP contribution in [0, 0.1) is 5.92 Å². The molecule has 0 bridgehead atoms. The Labute approximate surface area is 118 Å². The molecule has 20 heavy (non-hydrogen) atoms. The van der Waals surface area contributed by atoms with Crippen LogP contribution in [0.15, 0.2) is 24.3 Å². The molecule has 0 aromatic heterocycles. The highest BCUT2D eigenvalue weighted by atomic mass is 16.5. The Morgan fingerprint density at radius 3 is 2.85 bits per heavy atom. The number of nitrogens with zero attached hydrogens (tertiary/aromatic N) is 1. The van der Waals surface area contributed by atoms with E-state index in [-0.39, 0.29) is 5.91 Å². The number of benzene rings is 1. The molecule has 5 heteroatoms. The van der Waals surface area contributed by atoms with Crippen LogP contribution in [0.1, 0.15) is 19.3 Å². The summed E-state index contributed by atoms with van der Waals surface area (Å²) in [4.78, 5) is 13.6. The van der Waals surface area contributed by atoms with Crippen molar-refractivity contribution in [3.63, 3.8) is 0 Å². The predicted molar refractivity (Wildman–Crippen MR) is 75.2 cm³/mol. The third-order valence-electron chi connectivity index (χ3n) is 4.06. The molecule has 0 atom stereocenters. The maximum absolute atomic E-state index is 11.9. The lowest BCUT2D eigenvalue weighted by Crippen LogP contribution is -2.64. The molecule has 2 fully saturated rings. The van der Waals surface area contributed by atoms with Crippen molar-refractivity contribution in [1.82, 2.24) is 4.90 Å². The number of carbonyl (C=O) groups excluding carboxylic acids is 1. The quantitative estimate of drug-likeness (QED) is 0.787. The van der Waals surface area contributed by atoms with Crippen molar-refractivity contribution in [1.29, 1.82) is 0 Å². The fourth-order valence-corrected chi connectivity index (χ4v) is 2.69. The van der Waals surface area contributed by atoms with Gasteiger partial charge < -0.3 is 20.5 Å². The number of anilines is 1. The second-order valence-electron chi connectivity index (χ2n) is 5.80. The van der Waals surface area contributed by atoms with Crippen molar-refractivity contribution in [2.45, 2.75) is 24.9 Å². The standard InChI is InChI=1S/C15H20N2O3/c16-12-2-1-3-13(8-12)20-7-6-14(18)17-9-15(19,10-17)11-4-5-11/h1-3,8,11,19H,4-7,9-10,16H2. The molecule has 108 valence electrons. The van der Waals surface area contributed by atoms with E-state index in [9.17, 15) is 9.90 Å². The molecule has 5 nitrogen and oxygen atoms in total. The molecule has 2 aliphatic rings. The number of nitrogen functional groups attached to an aromatic ring is 1. The monoisotopic (exact) mass is 276 g/mol. The highest BCUT2D eigenvalue weighted by Gasteiger charge is 2.52. The van der Waals surface area contributed by atoms with Gasteiger partial charge in [-0.1, -0.05) is 6.07 Å². The predicted octanol–water partition coefficient (Wildman–Crippen LogP) is 1.02. The first kappa shape index (κ1) is 13.2. The van der Waals surface area contributed by atoms with Crippen molar-refractivity contribution in [3.8, 4) is 5.75 Å². The van der Waals surface area contributed by atoms with Gasteiger partial charge in [0.05, 0.1) is 26.1 Å². The number of nitrogens with two attached hydrogens (primary N) is 1. The van der Waals surface area contributed by atoms with Crippen molar-refractivity contribution in [3.05, 3.63) is 24.3 Å². The van der Waals surface area contributed by atoms with Gasteiger partial charge in [-0.3, -0.25) is 4.79 Å². The molecule has 1 aromatic carbocycles. The summed E-state index contributed by atoms with van der Waals surface area (Å²) in [6, 6.07) is 7.16. The summed E-state index contributed by atoms with van der Waals surface area (Å²) in [5.74, 6) is 1.13. The van der Waals surface area contributed by atoms with Crippen LogP contribution in [-0.4, -0.2) is 41.2 Å². The summed E-state index contributed by atoms with van der Waals surface area (Å²) in [6.45, 7) is 1.30. The number of hydrogen-bond acceptors (Lipinski definition) is 4. The van der Waals surface area contributed by atoms with Gasteiger partial charge in [-0.2, -0.15) is 0 Å². The normalized spacial score (nSPS) is 20.4. The number of aliphatic hydroxyl groups is 1. The van der Waals surface area contributed by atoms with E-state index in [0.29, 0.717) is 43.5 Å². The molecule has 1 aromatic rings. The van der Waals surface area contributed by atoms with E-state index >= 15 is 0 Å². The summed E-state index contributed by atoms with van der Waals surface area (Å²) in [6.07, 6.45) is 2.52. The largest absolute Gasteiger partial charge is 0.493 e. The van der Waals surface area contributed by atoms with E-state index in [1.165, 1.54) is 0 Å². The minimum absolute atomic E-state index is 0.0410. The van der Waals surface area contributed by atoms with Crippen molar-refractivity contribution >= 4 is 11.6 Å². The molecule has 1 aliphatic carbocycles. The van der Waals surface area contributed by atoms with Crippen LogP contribution in [0.4, 0.5) is 5.69 Å². The Morgan fingerprint density at radius 1 is 1.45 bits per heavy atom. The van der Waals surface area contributed by atoms with Gasteiger partial charge in [0.2, 0.25) is 5.91 Å². The van der Waals surface area contributed by atoms with Gasteiger partial charge in [0.15, 0.2) is 0 Å². The molecule has 1 aliphatic heterocycles. The molecule has 0 unspecified atom stereocenters. The van der Waals surface area contributed by atoms with Gasteiger partial charge in [0.25, 0.3) is 0 Å². The van der Waals surface area contributed by atoms with Crippen LogP contribution in [0.3, 0.4) is 0 Å². The first-order valence-electron chi connectivity index (χ1n) is 7.05. The maximum Gasteiger partial charge on any atom is 0.226 e. The number of amides is 1. The van der Waals surface area contributed by atoms with E-state index in [2.05, 4.69) is 0 Å². The number of carbonyl (C=O) groups is 1. The van der Waals surface area contributed by atoms with Gasteiger partial charge in [-0.25, -0.2) is 0 Å². The Balaban J connectivity index is 1.40. The SMILES string of the molecule is Nc1cccc(OCCC(=O)N2CC(O)(C3CC3)C2)c1. The van der Waals surface area contributed by atoms with Crippen LogP contribution < -0.4 is 10.5 Å². The third kappa shape index (κ3) is 2.72. The summed E-state index contributed by atoms with van der Waals surface area (Å²) >= 11 is 0. The zero-order valence-electron chi connectivity index (χ0n) is 11.4. The number of rotatable bonds is 5. The third-order valence-corrected chi connectivity index (χ3v) is 4.06. The highest BCUT2D eigenvalue weighted by molar-refractivity contribution is 5.77. The molecule has 1 heterocycles. The summed E-state index contributed by atoms with van der Waals surface area (Å²) in [5.41, 5.74) is 5.69. The van der Waals surface area contributed by atoms with Crippen LogP contribution in [0.5, 0.6) is 5.75 Å². The number of likely N-dealkylation sites (tertiary alicyclic amines) is 1. The van der Waals surface area contributed by atoms with Gasteiger partial charge in [-0.15, -0.1) is 0 Å². The van der Waals surface area contributed by atoms with Crippen LogP contribution >= 0.6 is 0 Å². The number of ether oxygens (including phenoxy) is 1. The Morgan fingerprint density at radius 2 is 2.20 bits per heavy atom. The Hall–Kier alpha value is -1.75. The highest BCUT2D eigenvalue weighted by Crippen LogP contribution is 2.44. The van der Waals surface area contributed by atoms with Gasteiger partial charge >= 0.3 is 0 Å². The van der Waals surface area contributed by atoms with Crippen LogP contribution in [-0.2, 0) is 4.79 Å². The number of β-amino-alcohol motifs (C(OH)–C–C–N with tert-alkyl or cyclic N) is 1. The maximum atomic E-state index is 11.9. The molecule has 1 saturated carbocycles. The molecule has 0 radical (unpaired) electrons. The lowest BCUT2D eigenvalue weighted by Gasteiger charge is -2.47. The first-order valence-corrected chi connectivity index (χ1v) is 7.05. The van der Waals surface area contributed by atoms with E-state index in [1.807, 2.05) is 12.1 Å². The molecule has 0 spiro atoms. The van der Waals surface area contributed by atoms with E-state index in [1.54, 1.807) is 17.0 Å². The van der Waals surface area contributed by atoms with E-state index < -0.39 is 5.60 Å². The zero-order chi connectivity index (χ0) is 14.2. The molecule has 3 rings (SSSR count). The van der Waals surface area contributed by atoms with Crippen molar-refractivity contribution in [2.24, 2.45) is 5.92 Å². The zero-order valence-corrected chi connectivity index (χ0v) is 11.4. The second-order valence-corrected chi connectivity index (χ2v) is 5.80. The summed E-state index contributed by atoms with van der Waals surface area (Å²) in [7, 11) is 0. The second kappa shape index (κ2) is 4.98. The van der Waals surface area contributed by atoms with E-state index in [4.69, 9.17) is 10.5 Å². The van der Waals surface area contributed by atoms with Crippen molar-refractivity contribution < 1.29 is 14.6 Å². The smallest absolute Gasteiger partial charge is 0.226 e. The lowest BCUT2D eigenvalue weighted by atomic mass is 9.88. The lowest BCUT2D eigenvalue weighted by molar-refractivity contribution is -0.159. The Bertz CT molecular complexity index is 508. The van der Waals surface area contributed by atoms with Gasteiger partial charge in [0, 0.05) is 11.8 Å². The summed E-state index contributed by atoms with van der Waals surface area (Å²) < 4.78 is 5.50. The minimum Gasteiger partial charge on any atom is -0.493 e. The fourth-order valence-electron chi connectivity index (χ4n) is 2.69. The molecular weight excluding hydrogens is 256 g/mol. The van der Waals surface area contributed by atoms with Gasteiger partial charge in [-0.05, 0) is 30.9 Å².